The van der Waals surface area contributed by atoms with Gasteiger partial charge in [0.15, 0.2) is 0 Å². The number of aromatic nitrogens is 2. The lowest BCUT2D eigenvalue weighted by molar-refractivity contribution is -0.121. The Bertz CT molecular complexity index is 890. The number of halogens is 1. The second-order valence-corrected chi connectivity index (χ2v) is 7.00. The number of nitrogens with one attached hydrogen (secondary N) is 1. The summed E-state index contributed by atoms with van der Waals surface area (Å²) in [6, 6.07) is 19.6. The van der Waals surface area contributed by atoms with Gasteiger partial charge in [0, 0.05) is 28.7 Å². The molecule has 4 nitrogen and oxygen atoms in total. The first kappa shape index (κ1) is 19.1. The molecule has 1 atom stereocenters. The van der Waals surface area contributed by atoms with Crippen molar-refractivity contribution in [1.82, 2.24) is 15.3 Å². The minimum absolute atomic E-state index is 0.0383. The summed E-state index contributed by atoms with van der Waals surface area (Å²) in [7, 11) is 0. The Morgan fingerprint density at radius 3 is 2.19 bits per heavy atom. The van der Waals surface area contributed by atoms with E-state index in [0.29, 0.717) is 23.8 Å². The molecule has 27 heavy (non-hydrogen) atoms. The first-order valence-corrected chi connectivity index (χ1v) is 9.27. The molecule has 0 saturated carbocycles. The minimum Gasteiger partial charge on any atom is -0.349 e. The lowest BCUT2D eigenvalue weighted by Crippen LogP contribution is -2.26. The van der Waals surface area contributed by atoms with E-state index in [1.54, 1.807) is 0 Å². The third-order valence-electron chi connectivity index (χ3n) is 4.34. The van der Waals surface area contributed by atoms with Crippen molar-refractivity contribution in [3.05, 3.63) is 94.0 Å². The Labute approximate surface area is 164 Å². The van der Waals surface area contributed by atoms with Crippen LogP contribution in [0.4, 0.5) is 0 Å². The molecule has 1 amide bonds. The molecule has 138 valence electrons. The summed E-state index contributed by atoms with van der Waals surface area (Å²) in [4.78, 5) is 21.4. The molecule has 5 heteroatoms. The van der Waals surface area contributed by atoms with Crippen LogP contribution in [0.5, 0.6) is 0 Å². The van der Waals surface area contributed by atoms with E-state index in [4.69, 9.17) is 11.6 Å². The van der Waals surface area contributed by atoms with Crippen molar-refractivity contribution in [2.75, 3.05) is 0 Å². The summed E-state index contributed by atoms with van der Waals surface area (Å²) in [5.41, 5.74) is 3.95. The van der Waals surface area contributed by atoms with Crippen LogP contribution in [-0.2, 0) is 11.3 Å². The van der Waals surface area contributed by atoms with E-state index in [1.807, 2.05) is 74.5 Å². The maximum Gasteiger partial charge on any atom is 0.221 e. The van der Waals surface area contributed by atoms with Gasteiger partial charge >= 0.3 is 0 Å². The molecule has 0 aliphatic rings. The summed E-state index contributed by atoms with van der Waals surface area (Å²) in [5.74, 6) is 0.550. The number of nitrogens with zero attached hydrogens (tertiary/aromatic N) is 2. The Kier molecular flexibility index (Phi) is 6.20. The number of carbonyl (C=O) groups excluding carboxylic acids is 1. The van der Waals surface area contributed by atoms with Crippen LogP contribution in [-0.4, -0.2) is 15.9 Å². The smallest absolute Gasteiger partial charge is 0.221 e. The third kappa shape index (κ3) is 5.38. The maximum atomic E-state index is 12.6. The Morgan fingerprint density at radius 2 is 1.56 bits per heavy atom. The largest absolute Gasteiger partial charge is 0.349 e. The van der Waals surface area contributed by atoms with Crippen LogP contribution in [0.1, 0.15) is 40.7 Å². The third-order valence-corrected chi connectivity index (χ3v) is 4.59. The van der Waals surface area contributed by atoms with Crippen LogP contribution in [0.3, 0.4) is 0 Å². The fourth-order valence-electron chi connectivity index (χ4n) is 3.12. The highest BCUT2D eigenvalue weighted by Crippen LogP contribution is 2.28. The van der Waals surface area contributed by atoms with Crippen molar-refractivity contribution in [3.8, 4) is 0 Å². The SMILES string of the molecule is Cc1cc(C)nc(CNC(=O)C[C@@H](c2ccccc2)c2ccc(Cl)cc2)n1. The summed E-state index contributed by atoms with van der Waals surface area (Å²) >= 11 is 6.02. The van der Waals surface area contributed by atoms with Gasteiger partial charge in [-0.1, -0.05) is 54.1 Å². The molecule has 0 aliphatic heterocycles. The number of amides is 1. The monoisotopic (exact) mass is 379 g/mol. The summed E-state index contributed by atoms with van der Waals surface area (Å²) < 4.78 is 0. The van der Waals surface area contributed by atoms with Gasteiger partial charge in [-0.2, -0.15) is 0 Å². The number of hydrogen-bond donors (Lipinski definition) is 1. The number of carbonyl (C=O) groups is 1. The van der Waals surface area contributed by atoms with Crippen molar-refractivity contribution in [2.45, 2.75) is 32.7 Å². The number of aryl methyl sites for hydroxylation is 2. The zero-order valence-corrected chi connectivity index (χ0v) is 16.2. The van der Waals surface area contributed by atoms with Crippen LogP contribution in [0.25, 0.3) is 0 Å². The van der Waals surface area contributed by atoms with Crippen molar-refractivity contribution >= 4 is 17.5 Å². The van der Waals surface area contributed by atoms with Gasteiger partial charge in [-0.25, -0.2) is 9.97 Å². The van der Waals surface area contributed by atoms with Crippen LogP contribution in [0, 0.1) is 13.8 Å². The number of benzene rings is 2. The normalized spacial score (nSPS) is 11.8. The predicted molar refractivity (Wildman–Crippen MR) is 108 cm³/mol. The van der Waals surface area contributed by atoms with Crippen LogP contribution in [0.15, 0.2) is 60.7 Å². The summed E-state index contributed by atoms with van der Waals surface area (Å²) in [5, 5.41) is 3.63. The highest BCUT2D eigenvalue weighted by molar-refractivity contribution is 6.30. The van der Waals surface area contributed by atoms with Crippen molar-refractivity contribution in [2.24, 2.45) is 0 Å². The van der Waals surface area contributed by atoms with Gasteiger partial charge in [-0.05, 0) is 43.2 Å². The van der Waals surface area contributed by atoms with Gasteiger partial charge in [0.2, 0.25) is 5.91 Å². The van der Waals surface area contributed by atoms with E-state index >= 15 is 0 Å². The lowest BCUT2D eigenvalue weighted by atomic mass is 9.88. The topological polar surface area (TPSA) is 54.9 Å². The quantitative estimate of drug-likeness (QED) is 0.681. The van der Waals surface area contributed by atoms with E-state index in [0.717, 1.165) is 22.5 Å². The van der Waals surface area contributed by atoms with E-state index in [-0.39, 0.29) is 11.8 Å². The minimum atomic E-state index is -0.0402. The predicted octanol–water partition coefficient (Wildman–Crippen LogP) is 4.59. The van der Waals surface area contributed by atoms with Crippen LogP contribution < -0.4 is 5.32 Å². The fourth-order valence-corrected chi connectivity index (χ4v) is 3.25. The molecule has 0 unspecified atom stereocenters. The van der Waals surface area contributed by atoms with Crippen molar-refractivity contribution in [1.29, 1.82) is 0 Å². The molecule has 0 radical (unpaired) electrons. The molecule has 0 aliphatic carbocycles. The Hall–Kier alpha value is -2.72. The molecule has 0 bridgehead atoms. The second kappa shape index (κ2) is 8.78. The highest BCUT2D eigenvalue weighted by atomic mass is 35.5. The van der Waals surface area contributed by atoms with Gasteiger partial charge < -0.3 is 5.32 Å². The van der Waals surface area contributed by atoms with E-state index in [2.05, 4.69) is 15.3 Å². The molecule has 0 saturated heterocycles. The van der Waals surface area contributed by atoms with Gasteiger partial charge in [-0.15, -0.1) is 0 Å². The fraction of sp³-hybridized carbons (Fsp3) is 0.227. The van der Waals surface area contributed by atoms with E-state index in [9.17, 15) is 4.79 Å². The zero-order valence-electron chi connectivity index (χ0n) is 15.4. The van der Waals surface area contributed by atoms with Gasteiger partial charge in [-0.3, -0.25) is 4.79 Å². The molecule has 2 aromatic carbocycles. The number of hydrogen-bond acceptors (Lipinski definition) is 3. The average molecular weight is 380 g/mol. The van der Waals surface area contributed by atoms with Crippen LogP contribution >= 0.6 is 11.6 Å². The molecule has 0 fully saturated rings. The standard InChI is InChI=1S/C22H22ClN3O/c1-15-12-16(2)26-21(25-15)14-24-22(27)13-20(17-6-4-3-5-7-17)18-8-10-19(23)11-9-18/h3-12,20H,13-14H2,1-2H3,(H,24,27)/t20-/m0/s1. The van der Waals surface area contributed by atoms with Gasteiger partial charge in [0.25, 0.3) is 0 Å². The molecular formula is C22H22ClN3O. The van der Waals surface area contributed by atoms with Gasteiger partial charge in [0.05, 0.1) is 6.54 Å². The second-order valence-electron chi connectivity index (χ2n) is 6.56. The van der Waals surface area contributed by atoms with E-state index < -0.39 is 0 Å². The maximum absolute atomic E-state index is 12.6. The van der Waals surface area contributed by atoms with Crippen molar-refractivity contribution < 1.29 is 4.79 Å². The Balaban J connectivity index is 1.73. The molecular weight excluding hydrogens is 358 g/mol. The molecule has 3 rings (SSSR count). The molecule has 1 aromatic heterocycles. The molecule has 1 N–H and O–H groups in total. The molecule has 3 aromatic rings. The molecule has 1 heterocycles. The zero-order chi connectivity index (χ0) is 19.2. The van der Waals surface area contributed by atoms with E-state index in [1.165, 1.54) is 0 Å². The molecule has 0 spiro atoms. The van der Waals surface area contributed by atoms with Crippen LogP contribution in [0.2, 0.25) is 5.02 Å². The average Bonchev–Trinajstić information content (AvgIpc) is 2.65. The summed E-state index contributed by atoms with van der Waals surface area (Å²) in [6.45, 7) is 4.17. The highest BCUT2D eigenvalue weighted by Gasteiger charge is 2.18. The first-order chi connectivity index (χ1) is 13.0. The first-order valence-electron chi connectivity index (χ1n) is 8.89. The lowest BCUT2D eigenvalue weighted by Gasteiger charge is -2.18. The Morgan fingerprint density at radius 1 is 0.963 bits per heavy atom. The van der Waals surface area contributed by atoms with Gasteiger partial charge in [0.1, 0.15) is 5.82 Å². The number of rotatable bonds is 6. The summed E-state index contributed by atoms with van der Waals surface area (Å²) in [6.07, 6.45) is 0.344. The van der Waals surface area contributed by atoms with Crippen molar-refractivity contribution in [3.63, 3.8) is 0 Å².